The topological polar surface area (TPSA) is 75.6 Å². The van der Waals surface area contributed by atoms with Crippen molar-refractivity contribution in [2.45, 2.75) is 39.0 Å². The maximum absolute atomic E-state index is 11.4. The molecule has 0 heterocycles. The Morgan fingerprint density at radius 1 is 1.29 bits per heavy atom. The maximum atomic E-state index is 11.4. The number of ether oxygens (including phenoxy) is 1. The first-order chi connectivity index (χ1) is 8.10. The van der Waals surface area contributed by atoms with Gasteiger partial charge in [0.1, 0.15) is 6.61 Å². The molecule has 0 saturated heterocycles. The number of amides is 1. The fraction of sp³-hybridized carbons (Fsp3) is 0.833. The van der Waals surface area contributed by atoms with Crippen LogP contribution in [-0.2, 0) is 14.3 Å². The second-order valence-corrected chi connectivity index (χ2v) is 4.56. The molecule has 1 aliphatic carbocycles. The van der Waals surface area contributed by atoms with Gasteiger partial charge in [0, 0.05) is 13.2 Å². The third-order valence-electron chi connectivity index (χ3n) is 3.33. The molecule has 5 nitrogen and oxygen atoms in total. The molecule has 0 aliphatic heterocycles. The number of carbonyl (C=O) groups is 2. The van der Waals surface area contributed by atoms with Crippen molar-refractivity contribution in [3.63, 3.8) is 0 Å². The zero-order valence-electron chi connectivity index (χ0n) is 10.3. The predicted octanol–water partition coefficient (Wildman–Crippen LogP) is 1.17. The van der Waals surface area contributed by atoms with Gasteiger partial charge in [0.15, 0.2) is 0 Å². The molecule has 2 N–H and O–H groups in total. The zero-order chi connectivity index (χ0) is 12.7. The summed E-state index contributed by atoms with van der Waals surface area (Å²) in [5, 5.41) is 12.0. The number of hydrogen-bond acceptors (Lipinski definition) is 3. The van der Waals surface area contributed by atoms with E-state index in [1.54, 1.807) is 0 Å². The largest absolute Gasteiger partial charge is 0.481 e. The van der Waals surface area contributed by atoms with E-state index in [0.29, 0.717) is 19.4 Å². The van der Waals surface area contributed by atoms with Gasteiger partial charge >= 0.3 is 5.97 Å². The first kappa shape index (κ1) is 14.0. The minimum atomic E-state index is -0.797. The van der Waals surface area contributed by atoms with E-state index in [4.69, 9.17) is 4.74 Å². The summed E-state index contributed by atoms with van der Waals surface area (Å²) in [6.45, 7) is 2.52. The standard InChI is InChI=1S/C12H21NO4/c1-2-17-8-10(14)13-9-12(11(15)16)6-4-3-5-7-12/h2-9H2,1H3,(H,13,14)(H,15,16). The second kappa shape index (κ2) is 6.59. The number of carbonyl (C=O) groups excluding carboxylic acids is 1. The van der Waals surface area contributed by atoms with Crippen LogP contribution in [0.5, 0.6) is 0 Å². The molecule has 1 aliphatic rings. The van der Waals surface area contributed by atoms with E-state index in [1.807, 2.05) is 6.92 Å². The summed E-state index contributed by atoms with van der Waals surface area (Å²) in [6, 6.07) is 0. The molecule has 5 heteroatoms. The Bertz CT molecular complexity index is 272. The van der Waals surface area contributed by atoms with Crippen LogP contribution in [0.3, 0.4) is 0 Å². The Balaban J connectivity index is 2.44. The summed E-state index contributed by atoms with van der Waals surface area (Å²) < 4.78 is 4.97. The van der Waals surface area contributed by atoms with Crippen molar-refractivity contribution in [2.24, 2.45) is 5.41 Å². The summed E-state index contributed by atoms with van der Waals surface area (Å²) in [5.41, 5.74) is -0.764. The smallest absolute Gasteiger partial charge is 0.311 e. The van der Waals surface area contributed by atoms with E-state index in [9.17, 15) is 14.7 Å². The number of carboxylic acid groups (broad SMARTS) is 1. The predicted molar refractivity (Wildman–Crippen MR) is 62.7 cm³/mol. The van der Waals surface area contributed by atoms with Crippen LogP contribution in [0.15, 0.2) is 0 Å². The molecule has 0 aromatic heterocycles. The summed E-state index contributed by atoms with van der Waals surface area (Å²) in [7, 11) is 0. The van der Waals surface area contributed by atoms with E-state index < -0.39 is 11.4 Å². The van der Waals surface area contributed by atoms with Gasteiger partial charge in [-0.2, -0.15) is 0 Å². The fourth-order valence-corrected chi connectivity index (χ4v) is 2.21. The normalized spacial score (nSPS) is 18.6. The molecule has 0 aromatic carbocycles. The summed E-state index contributed by atoms with van der Waals surface area (Å²) >= 11 is 0. The first-order valence-electron chi connectivity index (χ1n) is 6.18. The molecule has 0 atom stereocenters. The van der Waals surface area contributed by atoms with Crippen LogP contribution >= 0.6 is 0 Å². The number of aliphatic carboxylic acids is 1. The molecule has 0 radical (unpaired) electrons. The molecule has 1 fully saturated rings. The quantitative estimate of drug-likeness (QED) is 0.734. The van der Waals surface area contributed by atoms with Crippen LogP contribution < -0.4 is 5.32 Å². The number of carboxylic acids is 1. The molecule has 98 valence electrons. The zero-order valence-corrected chi connectivity index (χ0v) is 10.3. The van der Waals surface area contributed by atoms with Crippen LogP contribution in [0.4, 0.5) is 0 Å². The lowest BCUT2D eigenvalue weighted by atomic mass is 9.74. The summed E-state index contributed by atoms with van der Waals surface area (Å²) in [4.78, 5) is 22.7. The SMILES string of the molecule is CCOCC(=O)NCC1(C(=O)O)CCCCC1. The maximum Gasteiger partial charge on any atom is 0.311 e. The van der Waals surface area contributed by atoms with Gasteiger partial charge in [-0.1, -0.05) is 19.3 Å². The molecule has 1 amide bonds. The van der Waals surface area contributed by atoms with Gasteiger partial charge in [0.2, 0.25) is 5.91 Å². The first-order valence-corrected chi connectivity index (χ1v) is 6.18. The molecule has 1 saturated carbocycles. The van der Waals surface area contributed by atoms with Gasteiger partial charge in [0.25, 0.3) is 0 Å². The van der Waals surface area contributed by atoms with Crippen molar-refractivity contribution in [3.05, 3.63) is 0 Å². The van der Waals surface area contributed by atoms with E-state index >= 15 is 0 Å². The average Bonchev–Trinajstić information content (AvgIpc) is 2.34. The Kier molecular flexibility index (Phi) is 5.41. The lowest BCUT2D eigenvalue weighted by molar-refractivity contribution is -0.151. The van der Waals surface area contributed by atoms with Gasteiger partial charge in [-0.05, 0) is 19.8 Å². The third kappa shape index (κ3) is 4.00. The Labute approximate surface area is 102 Å². The van der Waals surface area contributed by atoms with Crippen LogP contribution in [-0.4, -0.2) is 36.7 Å². The highest BCUT2D eigenvalue weighted by Crippen LogP contribution is 2.35. The van der Waals surface area contributed by atoms with Crippen molar-refractivity contribution in [1.29, 1.82) is 0 Å². The number of nitrogens with one attached hydrogen (secondary N) is 1. The fourth-order valence-electron chi connectivity index (χ4n) is 2.21. The van der Waals surface area contributed by atoms with E-state index in [1.165, 1.54) is 0 Å². The van der Waals surface area contributed by atoms with Gasteiger partial charge in [0.05, 0.1) is 5.41 Å². The molecule has 17 heavy (non-hydrogen) atoms. The van der Waals surface area contributed by atoms with Gasteiger partial charge in [-0.15, -0.1) is 0 Å². The highest BCUT2D eigenvalue weighted by atomic mass is 16.5. The van der Waals surface area contributed by atoms with Crippen LogP contribution in [0, 0.1) is 5.41 Å². The number of rotatable bonds is 6. The molecule has 0 spiro atoms. The third-order valence-corrected chi connectivity index (χ3v) is 3.33. The van der Waals surface area contributed by atoms with E-state index in [2.05, 4.69) is 5.32 Å². The average molecular weight is 243 g/mol. The van der Waals surface area contributed by atoms with Crippen molar-refractivity contribution in [2.75, 3.05) is 19.8 Å². The number of hydrogen-bond donors (Lipinski definition) is 2. The van der Waals surface area contributed by atoms with Crippen molar-refractivity contribution in [3.8, 4) is 0 Å². The highest BCUT2D eigenvalue weighted by Gasteiger charge is 2.39. The molecule has 1 rings (SSSR count). The molecule has 0 bridgehead atoms. The molecular formula is C12H21NO4. The minimum absolute atomic E-state index is 0.00615. The van der Waals surface area contributed by atoms with Gasteiger partial charge in [-0.3, -0.25) is 9.59 Å². The Morgan fingerprint density at radius 3 is 2.47 bits per heavy atom. The van der Waals surface area contributed by atoms with E-state index in [0.717, 1.165) is 19.3 Å². The Hall–Kier alpha value is -1.10. The molecular weight excluding hydrogens is 222 g/mol. The van der Waals surface area contributed by atoms with E-state index in [-0.39, 0.29) is 19.1 Å². The van der Waals surface area contributed by atoms with Crippen LogP contribution in [0.1, 0.15) is 39.0 Å². The lowest BCUT2D eigenvalue weighted by Gasteiger charge is -2.33. The monoisotopic (exact) mass is 243 g/mol. The minimum Gasteiger partial charge on any atom is -0.481 e. The van der Waals surface area contributed by atoms with Crippen molar-refractivity contribution < 1.29 is 19.4 Å². The van der Waals surface area contributed by atoms with Gasteiger partial charge < -0.3 is 15.2 Å². The van der Waals surface area contributed by atoms with Crippen molar-refractivity contribution in [1.82, 2.24) is 5.32 Å². The Morgan fingerprint density at radius 2 is 1.94 bits per heavy atom. The lowest BCUT2D eigenvalue weighted by Crippen LogP contribution is -2.45. The van der Waals surface area contributed by atoms with Crippen LogP contribution in [0.2, 0.25) is 0 Å². The molecule has 0 aromatic rings. The summed E-state index contributed by atoms with van der Waals surface area (Å²) in [5.74, 6) is -1.04. The molecule has 0 unspecified atom stereocenters. The second-order valence-electron chi connectivity index (χ2n) is 4.56. The van der Waals surface area contributed by atoms with Crippen molar-refractivity contribution >= 4 is 11.9 Å². The summed E-state index contributed by atoms with van der Waals surface area (Å²) in [6.07, 6.45) is 4.23. The van der Waals surface area contributed by atoms with Gasteiger partial charge in [-0.25, -0.2) is 0 Å². The van der Waals surface area contributed by atoms with Crippen LogP contribution in [0.25, 0.3) is 0 Å². The highest BCUT2D eigenvalue weighted by molar-refractivity contribution is 5.79.